The normalized spacial score (nSPS) is 22.0. The van der Waals surface area contributed by atoms with Gasteiger partial charge in [-0.3, -0.25) is 4.79 Å². The van der Waals surface area contributed by atoms with Crippen molar-refractivity contribution in [2.75, 3.05) is 17.7 Å². The summed E-state index contributed by atoms with van der Waals surface area (Å²) in [5, 5.41) is 0. The fourth-order valence-electron chi connectivity index (χ4n) is 4.04. The first kappa shape index (κ1) is 17.4. The number of hydrogen-bond acceptors (Lipinski definition) is 3. The molecule has 1 heterocycles. The van der Waals surface area contributed by atoms with Crippen LogP contribution in [-0.2, 0) is 21.2 Å². The Hall–Kier alpha value is -1.40. The van der Waals surface area contributed by atoms with Crippen LogP contribution >= 0.6 is 0 Å². The molecular formula is C18H26N2O3S. The van der Waals surface area contributed by atoms with Crippen LogP contribution in [0.5, 0.6) is 0 Å². The second-order valence-corrected chi connectivity index (χ2v) is 8.98. The Morgan fingerprint density at radius 2 is 1.88 bits per heavy atom. The van der Waals surface area contributed by atoms with Crippen LogP contribution in [0.25, 0.3) is 0 Å². The highest BCUT2D eigenvalue weighted by Gasteiger charge is 2.35. The minimum absolute atomic E-state index is 0.0362. The Morgan fingerprint density at radius 3 is 2.54 bits per heavy atom. The maximum atomic E-state index is 12.9. The highest BCUT2D eigenvalue weighted by molar-refractivity contribution is 7.88. The van der Waals surface area contributed by atoms with Crippen molar-refractivity contribution >= 4 is 21.6 Å². The Bertz CT molecular complexity index is 711. The first-order valence-corrected chi connectivity index (χ1v) is 10.6. The van der Waals surface area contributed by atoms with Crippen LogP contribution < -0.4 is 4.90 Å². The van der Waals surface area contributed by atoms with E-state index in [1.165, 1.54) is 10.6 Å². The summed E-state index contributed by atoms with van der Waals surface area (Å²) in [5.41, 5.74) is 2.08. The van der Waals surface area contributed by atoms with E-state index in [4.69, 9.17) is 0 Å². The van der Waals surface area contributed by atoms with Gasteiger partial charge in [-0.05, 0) is 37.8 Å². The molecule has 24 heavy (non-hydrogen) atoms. The summed E-state index contributed by atoms with van der Waals surface area (Å²) < 4.78 is 26.0. The first-order valence-electron chi connectivity index (χ1n) is 8.74. The minimum atomic E-state index is -3.40. The van der Waals surface area contributed by atoms with Crippen molar-refractivity contribution in [3.63, 3.8) is 0 Å². The molecule has 5 nitrogen and oxygen atoms in total. The van der Waals surface area contributed by atoms with Crippen LogP contribution in [0.4, 0.5) is 5.69 Å². The zero-order valence-electron chi connectivity index (χ0n) is 14.4. The number of hydrogen-bond donors (Lipinski definition) is 0. The van der Waals surface area contributed by atoms with Crippen LogP contribution in [0.2, 0.25) is 0 Å². The van der Waals surface area contributed by atoms with Gasteiger partial charge >= 0.3 is 0 Å². The van der Waals surface area contributed by atoms with Crippen LogP contribution in [-0.4, -0.2) is 43.5 Å². The monoisotopic (exact) mass is 350 g/mol. The summed E-state index contributed by atoms with van der Waals surface area (Å²) >= 11 is 0. The summed E-state index contributed by atoms with van der Waals surface area (Å²) in [6.07, 6.45) is 6.97. The van der Waals surface area contributed by atoms with Gasteiger partial charge in [-0.25, -0.2) is 8.42 Å². The van der Waals surface area contributed by atoms with Crippen molar-refractivity contribution in [3.8, 4) is 0 Å². The molecular weight excluding hydrogens is 324 g/mol. The largest absolute Gasteiger partial charge is 0.308 e. The Labute approximate surface area is 144 Å². The fourth-order valence-corrected chi connectivity index (χ4v) is 5.14. The van der Waals surface area contributed by atoms with E-state index in [1.807, 2.05) is 31.2 Å². The third kappa shape index (κ3) is 3.49. The van der Waals surface area contributed by atoms with Gasteiger partial charge in [-0.2, -0.15) is 4.31 Å². The number of benzene rings is 1. The Morgan fingerprint density at radius 1 is 1.21 bits per heavy atom. The molecule has 1 aliphatic carbocycles. The molecule has 2 aliphatic rings. The minimum Gasteiger partial charge on any atom is -0.308 e. The lowest BCUT2D eigenvalue weighted by atomic mass is 9.95. The van der Waals surface area contributed by atoms with Crippen molar-refractivity contribution in [3.05, 3.63) is 29.8 Å². The van der Waals surface area contributed by atoms with E-state index in [2.05, 4.69) is 0 Å². The molecule has 0 N–H and O–H groups in total. The van der Waals surface area contributed by atoms with E-state index in [0.29, 0.717) is 0 Å². The summed E-state index contributed by atoms with van der Waals surface area (Å²) in [6.45, 7) is 1.96. The quantitative estimate of drug-likeness (QED) is 0.838. The van der Waals surface area contributed by atoms with E-state index < -0.39 is 10.0 Å². The van der Waals surface area contributed by atoms with Gasteiger partial charge in [0, 0.05) is 17.8 Å². The predicted octanol–water partition coefficient (Wildman–Crippen LogP) is 2.56. The fraction of sp³-hybridized carbons (Fsp3) is 0.611. The van der Waals surface area contributed by atoms with Gasteiger partial charge in [0.2, 0.25) is 15.9 Å². The lowest BCUT2D eigenvalue weighted by Gasteiger charge is -2.33. The van der Waals surface area contributed by atoms with Gasteiger partial charge < -0.3 is 4.90 Å². The van der Waals surface area contributed by atoms with E-state index in [1.54, 1.807) is 4.90 Å². The second kappa shape index (κ2) is 6.84. The number of anilines is 1. The average molecular weight is 350 g/mol. The molecule has 1 aromatic carbocycles. The number of rotatable bonds is 4. The van der Waals surface area contributed by atoms with Crippen LogP contribution in [0, 0.1) is 0 Å². The van der Waals surface area contributed by atoms with Crippen LogP contribution in [0.3, 0.4) is 0 Å². The molecule has 1 fully saturated rings. The third-order valence-corrected chi connectivity index (χ3v) is 6.45. The maximum absolute atomic E-state index is 12.9. The van der Waals surface area contributed by atoms with E-state index >= 15 is 0 Å². The zero-order valence-corrected chi connectivity index (χ0v) is 15.3. The van der Waals surface area contributed by atoms with Crippen molar-refractivity contribution < 1.29 is 13.2 Å². The topological polar surface area (TPSA) is 57.7 Å². The molecule has 0 bridgehead atoms. The summed E-state index contributed by atoms with van der Waals surface area (Å²) in [6, 6.07) is 7.92. The molecule has 1 unspecified atom stereocenters. The van der Waals surface area contributed by atoms with E-state index in [-0.39, 0.29) is 24.5 Å². The molecule has 1 amide bonds. The molecule has 3 rings (SSSR count). The molecule has 0 radical (unpaired) electrons. The van der Waals surface area contributed by atoms with Crippen LogP contribution in [0.15, 0.2) is 24.3 Å². The number of para-hydroxylation sites is 1. The smallest absolute Gasteiger partial charge is 0.242 e. The SMILES string of the molecule is CC1Cc2ccccc2N1C(=O)CN(C1CCCCC1)S(C)(=O)=O. The van der Waals surface area contributed by atoms with Gasteiger partial charge in [-0.1, -0.05) is 37.5 Å². The predicted molar refractivity (Wildman–Crippen MR) is 95.5 cm³/mol. The molecule has 0 saturated heterocycles. The van der Waals surface area contributed by atoms with E-state index in [0.717, 1.165) is 49.8 Å². The highest BCUT2D eigenvalue weighted by Crippen LogP contribution is 2.32. The van der Waals surface area contributed by atoms with Crippen LogP contribution in [0.1, 0.15) is 44.6 Å². The molecule has 132 valence electrons. The second-order valence-electron chi connectivity index (χ2n) is 7.05. The Kier molecular flexibility index (Phi) is 4.97. The van der Waals surface area contributed by atoms with Gasteiger partial charge in [-0.15, -0.1) is 0 Å². The average Bonchev–Trinajstić information content (AvgIpc) is 2.88. The molecule has 1 aliphatic heterocycles. The lowest BCUT2D eigenvalue weighted by molar-refractivity contribution is -0.119. The molecule has 1 atom stereocenters. The van der Waals surface area contributed by atoms with Gasteiger partial charge in [0.15, 0.2) is 0 Å². The number of sulfonamides is 1. The van der Waals surface area contributed by atoms with Gasteiger partial charge in [0.25, 0.3) is 0 Å². The summed E-state index contributed by atoms with van der Waals surface area (Å²) in [5.74, 6) is -0.122. The lowest BCUT2D eigenvalue weighted by Crippen LogP contribution is -2.49. The highest BCUT2D eigenvalue weighted by atomic mass is 32.2. The molecule has 0 aromatic heterocycles. The van der Waals surface area contributed by atoms with Crippen molar-refractivity contribution in [1.29, 1.82) is 0 Å². The molecule has 1 saturated carbocycles. The molecule has 6 heteroatoms. The number of carbonyl (C=O) groups excluding carboxylic acids is 1. The standard InChI is InChI=1S/C18H26N2O3S/c1-14-12-15-8-6-7-11-17(15)20(14)18(21)13-19(24(2,22)23)16-9-4-3-5-10-16/h6-8,11,14,16H,3-5,9-10,12-13H2,1-2H3. The van der Waals surface area contributed by atoms with Crippen molar-refractivity contribution in [1.82, 2.24) is 4.31 Å². The maximum Gasteiger partial charge on any atom is 0.242 e. The number of amides is 1. The molecule has 0 spiro atoms. The summed E-state index contributed by atoms with van der Waals surface area (Å²) in [4.78, 5) is 14.7. The van der Waals surface area contributed by atoms with Crippen molar-refractivity contribution in [2.45, 2.75) is 57.5 Å². The Balaban J connectivity index is 1.81. The first-order chi connectivity index (χ1) is 11.4. The number of carbonyl (C=O) groups is 1. The van der Waals surface area contributed by atoms with E-state index in [9.17, 15) is 13.2 Å². The zero-order chi connectivity index (χ0) is 17.3. The third-order valence-electron chi connectivity index (χ3n) is 5.17. The number of fused-ring (bicyclic) bond motifs is 1. The summed E-state index contributed by atoms with van der Waals surface area (Å²) in [7, 11) is -3.40. The van der Waals surface area contributed by atoms with Gasteiger partial charge in [0.05, 0.1) is 12.8 Å². The van der Waals surface area contributed by atoms with Gasteiger partial charge in [0.1, 0.15) is 0 Å². The number of nitrogens with zero attached hydrogens (tertiary/aromatic N) is 2. The molecule has 1 aromatic rings. The van der Waals surface area contributed by atoms with Crippen molar-refractivity contribution in [2.24, 2.45) is 0 Å².